The van der Waals surface area contributed by atoms with Gasteiger partial charge in [-0.2, -0.15) is 0 Å². The number of nitrogens with zero attached hydrogens (tertiary/aromatic N) is 1. The average molecular weight is 294 g/mol. The SMILES string of the molecule is Cc1ccc(C(N)CCN2CCCC2CCCO)cc1F. The summed E-state index contributed by atoms with van der Waals surface area (Å²) in [6.07, 6.45) is 5.22. The molecule has 1 aliphatic rings. The number of likely N-dealkylation sites (tertiary alicyclic amines) is 1. The maximum absolute atomic E-state index is 13.6. The number of benzene rings is 1. The number of aryl methyl sites for hydroxylation is 1. The van der Waals surface area contributed by atoms with Gasteiger partial charge in [0.1, 0.15) is 5.82 Å². The number of nitrogens with two attached hydrogens (primary N) is 1. The van der Waals surface area contributed by atoms with E-state index in [1.54, 1.807) is 19.1 Å². The molecule has 1 aromatic rings. The Bertz CT molecular complexity index is 452. The maximum Gasteiger partial charge on any atom is 0.126 e. The lowest BCUT2D eigenvalue weighted by atomic mass is 10.0. The monoisotopic (exact) mass is 294 g/mol. The van der Waals surface area contributed by atoms with Crippen molar-refractivity contribution in [2.24, 2.45) is 5.73 Å². The third-order valence-electron chi connectivity index (χ3n) is 4.55. The second-order valence-electron chi connectivity index (χ2n) is 6.10. The molecule has 2 atom stereocenters. The average Bonchev–Trinajstić information content (AvgIpc) is 2.92. The van der Waals surface area contributed by atoms with Gasteiger partial charge < -0.3 is 15.7 Å². The molecule has 2 rings (SSSR count). The van der Waals surface area contributed by atoms with Gasteiger partial charge in [-0.05, 0) is 62.8 Å². The molecule has 118 valence electrons. The first kappa shape index (κ1) is 16.4. The van der Waals surface area contributed by atoms with Crippen molar-refractivity contribution in [3.05, 3.63) is 35.1 Å². The lowest BCUT2D eigenvalue weighted by molar-refractivity contribution is 0.211. The first-order chi connectivity index (χ1) is 10.1. The minimum Gasteiger partial charge on any atom is -0.396 e. The van der Waals surface area contributed by atoms with Gasteiger partial charge in [0.15, 0.2) is 0 Å². The summed E-state index contributed by atoms with van der Waals surface area (Å²) in [5.74, 6) is -0.176. The molecule has 0 saturated carbocycles. The molecular formula is C17H27FN2O. The van der Waals surface area contributed by atoms with Crippen molar-refractivity contribution in [2.75, 3.05) is 19.7 Å². The third kappa shape index (κ3) is 4.50. The largest absolute Gasteiger partial charge is 0.396 e. The summed E-state index contributed by atoms with van der Waals surface area (Å²) in [6, 6.07) is 5.76. The number of halogens is 1. The van der Waals surface area contributed by atoms with E-state index in [0.717, 1.165) is 37.9 Å². The standard InChI is InChI=1S/C17H27FN2O/c1-13-6-7-14(12-16(13)18)17(19)8-10-20-9-2-4-15(20)5-3-11-21/h6-7,12,15,17,21H,2-5,8-11,19H2,1H3. The summed E-state index contributed by atoms with van der Waals surface area (Å²) in [5, 5.41) is 8.95. The number of rotatable bonds is 7. The molecule has 0 amide bonds. The van der Waals surface area contributed by atoms with E-state index in [-0.39, 0.29) is 18.5 Å². The number of hydrogen-bond acceptors (Lipinski definition) is 3. The highest BCUT2D eigenvalue weighted by Gasteiger charge is 2.24. The van der Waals surface area contributed by atoms with Gasteiger partial charge in [0.2, 0.25) is 0 Å². The van der Waals surface area contributed by atoms with Crippen molar-refractivity contribution in [2.45, 2.75) is 51.1 Å². The third-order valence-corrected chi connectivity index (χ3v) is 4.55. The van der Waals surface area contributed by atoms with Crippen LogP contribution in [0.1, 0.15) is 49.3 Å². The van der Waals surface area contributed by atoms with Crippen LogP contribution in [-0.2, 0) is 0 Å². The van der Waals surface area contributed by atoms with E-state index in [9.17, 15) is 4.39 Å². The lowest BCUT2D eigenvalue weighted by Gasteiger charge is -2.25. The van der Waals surface area contributed by atoms with Gasteiger partial charge >= 0.3 is 0 Å². The van der Waals surface area contributed by atoms with Crippen LogP contribution in [-0.4, -0.2) is 35.7 Å². The molecule has 2 unspecified atom stereocenters. The van der Waals surface area contributed by atoms with E-state index in [2.05, 4.69) is 4.90 Å². The highest BCUT2D eigenvalue weighted by Crippen LogP contribution is 2.24. The second-order valence-corrected chi connectivity index (χ2v) is 6.10. The Kier molecular flexibility index (Phi) is 6.15. The van der Waals surface area contributed by atoms with Crippen LogP contribution in [0, 0.1) is 12.7 Å². The predicted molar refractivity (Wildman–Crippen MR) is 83.6 cm³/mol. The smallest absolute Gasteiger partial charge is 0.126 e. The summed E-state index contributed by atoms with van der Waals surface area (Å²) >= 11 is 0. The van der Waals surface area contributed by atoms with E-state index < -0.39 is 0 Å². The van der Waals surface area contributed by atoms with E-state index >= 15 is 0 Å². The molecule has 3 nitrogen and oxygen atoms in total. The van der Waals surface area contributed by atoms with Crippen LogP contribution >= 0.6 is 0 Å². The van der Waals surface area contributed by atoms with E-state index in [1.165, 1.54) is 12.8 Å². The fourth-order valence-corrected chi connectivity index (χ4v) is 3.15. The van der Waals surface area contributed by atoms with Crippen LogP contribution in [0.15, 0.2) is 18.2 Å². The molecule has 4 heteroatoms. The van der Waals surface area contributed by atoms with Crippen LogP contribution in [0.2, 0.25) is 0 Å². The summed E-state index contributed by atoms with van der Waals surface area (Å²) in [6.45, 7) is 4.10. The molecule has 1 aliphatic heterocycles. The Morgan fingerprint density at radius 3 is 3.00 bits per heavy atom. The van der Waals surface area contributed by atoms with Crippen molar-refractivity contribution in [3.63, 3.8) is 0 Å². The molecule has 0 aromatic heterocycles. The summed E-state index contributed by atoms with van der Waals surface area (Å²) in [7, 11) is 0. The Hall–Kier alpha value is -0.970. The molecule has 3 N–H and O–H groups in total. The Morgan fingerprint density at radius 1 is 1.48 bits per heavy atom. The van der Waals surface area contributed by atoms with Gasteiger partial charge in [-0.25, -0.2) is 4.39 Å². The number of aliphatic hydroxyl groups is 1. The van der Waals surface area contributed by atoms with E-state index in [4.69, 9.17) is 10.8 Å². The van der Waals surface area contributed by atoms with Crippen molar-refractivity contribution in [1.82, 2.24) is 4.90 Å². The van der Waals surface area contributed by atoms with Crippen molar-refractivity contribution in [3.8, 4) is 0 Å². The van der Waals surface area contributed by atoms with Crippen molar-refractivity contribution >= 4 is 0 Å². The molecule has 1 fully saturated rings. The Morgan fingerprint density at radius 2 is 2.29 bits per heavy atom. The molecule has 0 radical (unpaired) electrons. The van der Waals surface area contributed by atoms with Crippen LogP contribution in [0.3, 0.4) is 0 Å². The molecule has 1 heterocycles. The quantitative estimate of drug-likeness (QED) is 0.813. The highest BCUT2D eigenvalue weighted by molar-refractivity contribution is 5.25. The first-order valence-electron chi connectivity index (χ1n) is 7.98. The van der Waals surface area contributed by atoms with Gasteiger partial charge in [-0.15, -0.1) is 0 Å². The fourth-order valence-electron chi connectivity index (χ4n) is 3.15. The molecule has 0 aliphatic carbocycles. The van der Waals surface area contributed by atoms with Crippen molar-refractivity contribution < 1.29 is 9.50 Å². The Labute approximate surface area is 126 Å². The van der Waals surface area contributed by atoms with Crippen LogP contribution in [0.25, 0.3) is 0 Å². The van der Waals surface area contributed by atoms with Gasteiger partial charge in [-0.1, -0.05) is 12.1 Å². The zero-order valence-electron chi connectivity index (χ0n) is 12.9. The number of aliphatic hydroxyl groups excluding tert-OH is 1. The van der Waals surface area contributed by atoms with Crippen LogP contribution in [0.5, 0.6) is 0 Å². The predicted octanol–water partition coefficient (Wildman–Crippen LogP) is 2.76. The van der Waals surface area contributed by atoms with Crippen LogP contribution < -0.4 is 5.73 Å². The minimum absolute atomic E-state index is 0.112. The Balaban J connectivity index is 1.85. The summed E-state index contributed by atoms with van der Waals surface area (Å²) in [4.78, 5) is 2.47. The lowest BCUT2D eigenvalue weighted by Crippen LogP contribution is -2.32. The van der Waals surface area contributed by atoms with Crippen LogP contribution in [0.4, 0.5) is 4.39 Å². The van der Waals surface area contributed by atoms with E-state index in [0.29, 0.717) is 11.6 Å². The molecule has 21 heavy (non-hydrogen) atoms. The topological polar surface area (TPSA) is 49.5 Å². The zero-order valence-corrected chi connectivity index (χ0v) is 12.9. The zero-order chi connectivity index (χ0) is 15.2. The fraction of sp³-hybridized carbons (Fsp3) is 0.647. The molecule has 0 spiro atoms. The van der Waals surface area contributed by atoms with E-state index in [1.807, 2.05) is 6.07 Å². The van der Waals surface area contributed by atoms with Gasteiger partial charge in [0, 0.05) is 25.2 Å². The van der Waals surface area contributed by atoms with Gasteiger partial charge in [0.25, 0.3) is 0 Å². The maximum atomic E-state index is 13.6. The van der Waals surface area contributed by atoms with Gasteiger partial charge in [-0.3, -0.25) is 0 Å². The molecule has 1 aromatic carbocycles. The summed E-state index contributed by atoms with van der Waals surface area (Å²) < 4.78 is 13.6. The second kappa shape index (κ2) is 7.87. The molecule has 0 bridgehead atoms. The summed E-state index contributed by atoms with van der Waals surface area (Å²) in [5.41, 5.74) is 7.74. The number of hydrogen-bond donors (Lipinski definition) is 2. The minimum atomic E-state index is -0.176. The van der Waals surface area contributed by atoms with Gasteiger partial charge in [0.05, 0.1) is 0 Å². The molecule has 1 saturated heterocycles. The van der Waals surface area contributed by atoms with Crippen molar-refractivity contribution in [1.29, 1.82) is 0 Å². The normalized spacial score (nSPS) is 20.9. The first-order valence-corrected chi connectivity index (χ1v) is 7.98. The molecular weight excluding hydrogens is 267 g/mol. The highest BCUT2D eigenvalue weighted by atomic mass is 19.1.